The van der Waals surface area contributed by atoms with Crippen LogP contribution in [0.15, 0.2) is 0 Å². The zero-order chi connectivity index (χ0) is 15.1. The van der Waals surface area contributed by atoms with Crippen molar-refractivity contribution < 1.29 is 66.5 Å². The minimum Gasteiger partial charge on any atom is -0.520 e. The van der Waals surface area contributed by atoms with Gasteiger partial charge in [-0.25, -0.2) is 14.4 Å². The Hall–Kier alpha value is -1.62. The molecule has 0 unspecified atom stereocenters. The summed E-state index contributed by atoms with van der Waals surface area (Å²) in [6.07, 6.45) is -1.08. The fourth-order valence-electron chi connectivity index (χ4n) is 0.489. The number of alkyl carbamates (subject to hydrolysis) is 2. The van der Waals surface area contributed by atoms with Crippen LogP contribution >= 0.6 is 0 Å². The van der Waals surface area contributed by atoms with Crippen molar-refractivity contribution in [2.24, 2.45) is 0 Å². The van der Waals surface area contributed by atoms with Crippen LogP contribution < -0.4 is 21.3 Å². The first-order valence-electron chi connectivity index (χ1n) is 4.68. The van der Waals surface area contributed by atoms with Gasteiger partial charge in [-0.05, 0) is 0 Å². The Labute approximate surface area is 140 Å². The van der Waals surface area contributed by atoms with Crippen LogP contribution in [0.25, 0.3) is 0 Å². The Morgan fingerprint density at radius 1 is 1.00 bits per heavy atom. The van der Waals surface area contributed by atoms with E-state index >= 15 is 0 Å². The summed E-state index contributed by atoms with van der Waals surface area (Å²) < 4.78 is 8.33. The zero-order valence-electron chi connectivity index (χ0n) is 10.9. The Morgan fingerprint density at radius 3 is 1.80 bits per heavy atom. The fourth-order valence-corrected chi connectivity index (χ4v) is 0.489. The van der Waals surface area contributed by atoms with Crippen LogP contribution in [0.5, 0.6) is 0 Å². The summed E-state index contributed by atoms with van der Waals surface area (Å²) in [5.74, 6) is 0. The SMILES string of the molecule is COC(=O)NCNC(=O)O.COC(=O)NCN[C-]=O.[Y]. The quantitative estimate of drug-likeness (QED) is 0.172. The predicted molar refractivity (Wildman–Crippen MR) is 60.8 cm³/mol. The van der Waals surface area contributed by atoms with E-state index in [0.29, 0.717) is 0 Å². The normalized spacial score (nSPS) is 7.50. The monoisotopic (exact) mass is 368 g/mol. The van der Waals surface area contributed by atoms with E-state index in [2.05, 4.69) is 25.4 Å². The molecule has 0 aliphatic rings. The predicted octanol–water partition coefficient (Wildman–Crippen LogP) is -1.48. The molecule has 4 amide bonds. The Morgan fingerprint density at radius 2 is 1.45 bits per heavy atom. The van der Waals surface area contributed by atoms with Gasteiger partial charge in [0.2, 0.25) is 0 Å². The molecule has 0 rings (SSSR count). The molecule has 0 saturated heterocycles. The molecule has 0 aliphatic heterocycles. The first-order chi connectivity index (χ1) is 8.97. The van der Waals surface area contributed by atoms with E-state index in [0.717, 1.165) is 0 Å². The number of carboxylic acid groups (broad SMARTS) is 1. The van der Waals surface area contributed by atoms with Crippen LogP contribution in [-0.2, 0) is 47.0 Å². The molecule has 0 atom stereocenters. The van der Waals surface area contributed by atoms with Crippen LogP contribution in [0.3, 0.4) is 0 Å². The molecule has 5 N–H and O–H groups in total. The Balaban J connectivity index is -0.000000277. The maximum absolute atomic E-state index is 10.2. The van der Waals surface area contributed by atoms with Gasteiger partial charge in [0, 0.05) is 32.7 Å². The summed E-state index contributed by atoms with van der Waals surface area (Å²) in [7, 11) is 2.43. The molecule has 11 nitrogen and oxygen atoms in total. The second-order valence-corrected chi connectivity index (χ2v) is 2.45. The molecule has 20 heavy (non-hydrogen) atoms. The molecule has 0 aliphatic carbocycles. The van der Waals surface area contributed by atoms with Gasteiger partial charge >= 0.3 is 18.3 Å². The molecule has 0 aromatic rings. The average molecular weight is 368 g/mol. The molecule has 0 heterocycles. The van der Waals surface area contributed by atoms with E-state index in [1.807, 2.05) is 5.32 Å². The van der Waals surface area contributed by atoms with Gasteiger partial charge in [0.05, 0.1) is 27.6 Å². The van der Waals surface area contributed by atoms with E-state index < -0.39 is 18.3 Å². The summed E-state index contributed by atoms with van der Waals surface area (Å²) in [6.45, 7) is -0.113. The maximum atomic E-state index is 10.2. The van der Waals surface area contributed by atoms with Gasteiger partial charge in [-0.2, -0.15) is 6.41 Å². The molecule has 0 bridgehead atoms. The van der Waals surface area contributed by atoms with Crippen LogP contribution in [0.4, 0.5) is 14.4 Å². The zero-order valence-corrected chi connectivity index (χ0v) is 13.7. The Bertz CT molecular complexity index is 303. The molecule has 113 valence electrons. The Kier molecular flexibility index (Phi) is 20.4. The molecular formula is C8H15N4O7Y-. The third-order valence-corrected chi connectivity index (χ3v) is 1.24. The number of amides is 4. The molecule has 1 radical (unpaired) electrons. The van der Waals surface area contributed by atoms with Gasteiger partial charge in [0.1, 0.15) is 0 Å². The summed E-state index contributed by atoms with van der Waals surface area (Å²) >= 11 is 0. The van der Waals surface area contributed by atoms with Gasteiger partial charge in [0.25, 0.3) is 0 Å². The molecule has 12 heteroatoms. The number of ether oxygens (including phenoxy) is 2. The number of carbonyl (C=O) groups is 3. The van der Waals surface area contributed by atoms with Crippen molar-refractivity contribution in [3.8, 4) is 0 Å². The number of hydrogen-bond acceptors (Lipinski definition) is 6. The topological polar surface area (TPSA) is 155 Å². The molecule has 0 aromatic carbocycles. The molecular weight excluding hydrogens is 353 g/mol. The van der Waals surface area contributed by atoms with Crippen molar-refractivity contribution in [3.63, 3.8) is 0 Å². The molecule has 0 fully saturated rings. The van der Waals surface area contributed by atoms with E-state index in [9.17, 15) is 19.2 Å². The van der Waals surface area contributed by atoms with Gasteiger partial charge in [-0.3, -0.25) is 0 Å². The van der Waals surface area contributed by atoms with Crippen LogP contribution in [0, 0.1) is 0 Å². The van der Waals surface area contributed by atoms with Crippen molar-refractivity contribution in [3.05, 3.63) is 0 Å². The summed E-state index contributed by atoms with van der Waals surface area (Å²) in [5, 5.41) is 16.3. The second-order valence-electron chi connectivity index (χ2n) is 2.45. The second kappa shape index (κ2) is 17.4. The van der Waals surface area contributed by atoms with Crippen LogP contribution in [-0.4, -0.2) is 57.4 Å². The largest absolute Gasteiger partial charge is 0.520 e. The van der Waals surface area contributed by atoms with Gasteiger partial charge in [-0.1, -0.05) is 0 Å². The van der Waals surface area contributed by atoms with Gasteiger partial charge < -0.3 is 40.6 Å². The van der Waals surface area contributed by atoms with Crippen molar-refractivity contribution >= 4 is 24.7 Å². The van der Waals surface area contributed by atoms with Gasteiger partial charge in [0.15, 0.2) is 0 Å². The van der Waals surface area contributed by atoms with E-state index in [1.165, 1.54) is 20.6 Å². The van der Waals surface area contributed by atoms with Crippen molar-refractivity contribution in [1.29, 1.82) is 0 Å². The number of hydrogen-bond donors (Lipinski definition) is 5. The van der Waals surface area contributed by atoms with Crippen molar-refractivity contribution in [2.75, 3.05) is 27.6 Å². The average Bonchev–Trinajstić information content (AvgIpc) is 2.38. The smallest absolute Gasteiger partial charge is 0.408 e. The first-order valence-corrected chi connectivity index (χ1v) is 4.68. The summed E-state index contributed by atoms with van der Waals surface area (Å²) in [6, 6.07) is 0. The number of nitrogens with one attached hydrogen (secondary N) is 4. The van der Waals surface area contributed by atoms with Crippen LogP contribution in [0.2, 0.25) is 0 Å². The summed E-state index contributed by atoms with van der Waals surface area (Å²) in [4.78, 5) is 39.6. The van der Waals surface area contributed by atoms with Crippen molar-refractivity contribution in [2.45, 2.75) is 0 Å². The van der Waals surface area contributed by atoms with E-state index in [1.54, 1.807) is 0 Å². The number of carbonyl (C=O) groups excluding carboxylic acids is 3. The third kappa shape index (κ3) is 21.6. The maximum Gasteiger partial charge on any atom is 0.408 e. The number of rotatable bonds is 5. The molecule has 0 spiro atoms. The van der Waals surface area contributed by atoms with E-state index in [4.69, 9.17) is 5.11 Å². The third-order valence-electron chi connectivity index (χ3n) is 1.24. The minimum absolute atomic E-state index is 0. The molecule has 0 saturated carbocycles. The fraction of sp³-hybridized carbons (Fsp3) is 0.500. The van der Waals surface area contributed by atoms with Crippen molar-refractivity contribution in [1.82, 2.24) is 21.3 Å². The molecule has 0 aromatic heterocycles. The standard InChI is InChI=1S/C4H8N2O4.C4H7N2O3.Y/c1-10-4(9)6-2-5-3(7)8;1-9-4(8)6-2-5-3-7;/h5H,2H2,1H3,(H,6,9)(H,7,8);2H2,1H3,(H,5,7)(H,6,8);/q;-1;. The first kappa shape index (κ1) is 23.5. The van der Waals surface area contributed by atoms with E-state index in [-0.39, 0.29) is 46.0 Å². The summed E-state index contributed by atoms with van der Waals surface area (Å²) in [5.41, 5.74) is 0. The number of methoxy groups -OCH3 is 2. The van der Waals surface area contributed by atoms with Gasteiger partial charge in [-0.15, -0.1) is 0 Å². The minimum atomic E-state index is -1.20. The van der Waals surface area contributed by atoms with Crippen LogP contribution in [0.1, 0.15) is 0 Å².